The minimum Gasteiger partial charge on any atom is -0.465 e. The summed E-state index contributed by atoms with van der Waals surface area (Å²) in [6.07, 6.45) is 1.69. The first-order chi connectivity index (χ1) is 9.93. The number of nitrogen functional groups attached to an aromatic ring is 1. The van der Waals surface area contributed by atoms with Gasteiger partial charge in [-0.2, -0.15) is 0 Å². The highest BCUT2D eigenvalue weighted by Gasteiger charge is 2.35. The molecule has 0 saturated heterocycles. The minimum atomic E-state index is -0.596. The summed E-state index contributed by atoms with van der Waals surface area (Å²) in [5.74, 6) is -1.41. The van der Waals surface area contributed by atoms with Crippen LogP contribution in [0.15, 0.2) is 16.6 Å². The molecule has 0 unspecified atom stereocenters. The van der Waals surface area contributed by atoms with Crippen molar-refractivity contribution in [3.05, 3.63) is 28.0 Å². The molecule has 5 nitrogen and oxygen atoms in total. The van der Waals surface area contributed by atoms with Crippen LogP contribution in [0.5, 0.6) is 0 Å². The van der Waals surface area contributed by atoms with Crippen LogP contribution >= 0.6 is 15.9 Å². The molecule has 1 aliphatic rings. The Bertz CT molecular complexity index is 576. The number of anilines is 1. The van der Waals surface area contributed by atoms with Crippen LogP contribution in [0, 0.1) is 5.82 Å². The van der Waals surface area contributed by atoms with Crippen LogP contribution in [0.1, 0.15) is 30.1 Å². The zero-order valence-corrected chi connectivity index (χ0v) is 13.2. The van der Waals surface area contributed by atoms with Gasteiger partial charge in [0.1, 0.15) is 12.4 Å². The molecule has 1 amide bonds. The van der Waals surface area contributed by atoms with Gasteiger partial charge in [0, 0.05) is 10.5 Å². The van der Waals surface area contributed by atoms with Crippen LogP contribution in [0.25, 0.3) is 0 Å². The summed E-state index contributed by atoms with van der Waals surface area (Å²) >= 11 is 3.16. The lowest BCUT2D eigenvalue weighted by atomic mass is 10.1. The van der Waals surface area contributed by atoms with Crippen molar-refractivity contribution >= 4 is 33.5 Å². The second-order valence-corrected chi connectivity index (χ2v) is 5.68. The zero-order valence-electron chi connectivity index (χ0n) is 11.6. The normalized spacial score (nSPS) is 13.9. The maximum Gasteiger partial charge on any atom is 0.325 e. The third-order valence-corrected chi connectivity index (χ3v) is 3.83. The highest BCUT2D eigenvalue weighted by Crippen LogP contribution is 2.31. The summed E-state index contributed by atoms with van der Waals surface area (Å²) in [5, 5.41) is 0. The van der Waals surface area contributed by atoms with Gasteiger partial charge in [0.25, 0.3) is 5.91 Å². The van der Waals surface area contributed by atoms with Gasteiger partial charge in [0.15, 0.2) is 0 Å². The van der Waals surface area contributed by atoms with Gasteiger partial charge in [-0.15, -0.1) is 0 Å². The number of nitrogens with zero attached hydrogens (tertiary/aromatic N) is 1. The van der Waals surface area contributed by atoms with Gasteiger partial charge in [0.2, 0.25) is 0 Å². The predicted molar refractivity (Wildman–Crippen MR) is 79.2 cm³/mol. The first-order valence-corrected chi connectivity index (χ1v) is 7.44. The van der Waals surface area contributed by atoms with Crippen molar-refractivity contribution in [2.75, 3.05) is 18.9 Å². The van der Waals surface area contributed by atoms with E-state index in [-0.39, 0.29) is 36.4 Å². The number of ether oxygens (including phenoxy) is 1. The Morgan fingerprint density at radius 1 is 1.48 bits per heavy atom. The Morgan fingerprint density at radius 2 is 2.14 bits per heavy atom. The molecule has 1 aromatic rings. The van der Waals surface area contributed by atoms with E-state index >= 15 is 0 Å². The largest absolute Gasteiger partial charge is 0.465 e. The summed E-state index contributed by atoms with van der Waals surface area (Å²) in [6, 6.07) is 2.46. The van der Waals surface area contributed by atoms with Crippen molar-refractivity contribution in [1.29, 1.82) is 0 Å². The van der Waals surface area contributed by atoms with Crippen LogP contribution in [0.2, 0.25) is 0 Å². The molecule has 2 N–H and O–H groups in total. The van der Waals surface area contributed by atoms with Gasteiger partial charge in [-0.05, 0) is 47.8 Å². The number of hydrogen-bond acceptors (Lipinski definition) is 4. The summed E-state index contributed by atoms with van der Waals surface area (Å²) in [7, 11) is 0. The second kappa shape index (κ2) is 6.43. The van der Waals surface area contributed by atoms with Crippen LogP contribution in [0.3, 0.4) is 0 Å². The molecule has 0 atom stereocenters. The number of hydrogen-bond donors (Lipinski definition) is 1. The summed E-state index contributed by atoms with van der Waals surface area (Å²) in [5.41, 5.74) is 5.65. The molecule has 2 rings (SSSR count). The fraction of sp³-hybridized carbons (Fsp3) is 0.429. The smallest absolute Gasteiger partial charge is 0.325 e. The Balaban J connectivity index is 2.22. The lowest BCUT2D eigenvalue weighted by Gasteiger charge is -2.22. The molecule has 0 aromatic heterocycles. The summed E-state index contributed by atoms with van der Waals surface area (Å²) in [6.45, 7) is 1.86. The van der Waals surface area contributed by atoms with E-state index in [4.69, 9.17) is 10.5 Å². The van der Waals surface area contributed by atoms with E-state index in [0.717, 1.165) is 18.9 Å². The molecule has 1 aliphatic carbocycles. The SMILES string of the molecule is CCOC(=O)CN(C(=O)c1cc(N)c(F)cc1Br)C1CC1. The Labute approximate surface area is 130 Å². The molecule has 7 heteroatoms. The zero-order chi connectivity index (χ0) is 15.6. The van der Waals surface area contributed by atoms with Crippen molar-refractivity contribution in [2.24, 2.45) is 0 Å². The fourth-order valence-electron chi connectivity index (χ4n) is 1.98. The van der Waals surface area contributed by atoms with Crippen LogP contribution in [0.4, 0.5) is 10.1 Å². The van der Waals surface area contributed by atoms with E-state index in [0.29, 0.717) is 4.47 Å². The Kier molecular flexibility index (Phi) is 4.82. The number of esters is 1. The summed E-state index contributed by atoms with van der Waals surface area (Å²) < 4.78 is 18.5. The van der Waals surface area contributed by atoms with Gasteiger partial charge in [0.05, 0.1) is 17.9 Å². The highest BCUT2D eigenvalue weighted by atomic mass is 79.9. The minimum absolute atomic E-state index is 0.0279. The number of nitrogens with two attached hydrogens (primary N) is 1. The van der Waals surface area contributed by atoms with Gasteiger partial charge >= 0.3 is 5.97 Å². The van der Waals surface area contributed by atoms with Crippen molar-refractivity contribution in [3.63, 3.8) is 0 Å². The molecule has 0 radical (unpaired) electrons. The van der Waals surface area contributed by atoms with Crippen molar-refractivity contribution in [1.82, 2.24) is 4.90 Å². The van der Waals surface area contributed by atoms with Crippen LogP contribution in [-0.4, -0.2) is 36.0 Å². The van der Waals surface area contributed by atoms with E-state index in [1.807, 2.05) is 0 Å². The van der Waals surface area contributed by atoms with Crippen LogP contribution < -0.4 is 5.73 Å². The molecule has 114 valence electrons. The molecule has 0 spiro atoms. The van der Waals surface area contributed by atoms with Gasteiger partial charge in [-0.25, -0.2) is 4.39 Å². The molecule has 21 heavy (non-hydrogen) atoms. The number of rotatable bonds is 5. The van der Waals surface area contributed by atoms with E-state index in [2.05, 4.69) is 15.9 Å². The molecular weight excluding hydrogens is 343 g/mol. The molecule has 0 bridgehead atoms. The average Bonchev–Trinajstić information content (AvgIpc) is 3.24. The topological polar surface area (TPSA) is 72.6 Å². The molecule has 0 aliphatic heterocycles. The molecule has 1 aromatic carbocycles. The number of amides is 1. The molecule has 1 fully saturated rings. The number of carbonyl (C=O) groups is 2. The van der Waals surface area contributed by atoms with E-state index < -0.39 is 11.8 Å². The van der Waals surface area contributed by atoms with Gasteiger partial charge in [-0.3, -0.25) is 9.59 Å². The molecular formula is C14H16BrFN2O3. The average molecular weight is 359 g/mol. The van der Waals surface area contributed by atoms with Gasteiger partial charge in [-0.1, -0.05) is 0 Å². The van der Waals surface area contributed by atoms with E-state index in [9.17, 15) is 14.0 Å². The monoisotopic (exact) mass is 358 g/mol. The lowest BCUT2D eigenvalue weighted by Crippen LogP contribution is -2.38. The molecule has 0 heterocycles. The fourth-order valence-corrected chi connectivity index (χ4v) is 2.47. The quantitative estimate of drug-likeness (QED) is 0.647. The highest BCUT2D eigenvalue weighted by molar-refractivity contribution is 9.10. The van der Waals surface area contributed by atoms with Crippen molar-refractivity contribution < 1.29 is 18.7 Å². The third kappa shape index (κ3) is 3.72. The van der Waals surface area contributed by atoms with E-state index in [1.165, 1.54) is 11.0 Å². The van der Waals surface area contributed by atoms with Gasteiger partial charge < -0.3 is 15.4 Å². The second-order valence-electron chi connectivity index (χ2n) is 4.82. The maximum atomic E-state index is 13.4. The number of halogens is 2. The lowest BCUT2D eigenvalue weighted by molar-refractivity contribution is -0.144. The molecule has 1 saturated carbocycles. The van der Waals surface area contributed by atoms with E-state index in [1.54, 1.807) is 6.92 Å². The first kappa shape index (κ1) is 15.8. The summed E-state index contributed by atoms with van der Waals surface area (Å²) in [4.78, 5) is 25.6. The Hall–Kier alpha value is -1.63. The maximum absolute atomic E-state index is 13.4. The number of benzene rings is 1. The third-order valence-electron chi connectivity index (χ3n) is 3.17. The van der Waals surface area contributed by atoms with Crippen molar-refractivity contribution in [3.8, 4) is 0 Å². The standard InChI is InChI=1S/C14H16BrFN2O3/c1-2-21-13(19)7-18(8-3-4-8)14(20)9-5-12(17)11(16)6-10(9)15/h5-6,8H,2-4,7,17H2,1H3. The van der Waals surface area contributed by atoms with Crippen molar-refractivity contribution in [2.45, 2.75) is 25.8 Å². The van der Waals surface area contributed by atoms with Crippen LogP contribution in [-0.2, 0) is 9.53 Å². The Morgan fingerprint density at radius 3 is 2.71 bits per heavy atom. The number of carbonyl (C=O) groups excluding carboxylic acids is 2. The first-order valence-electron chi connectivity index (χ1n) is 6.65. The predicted octanol–water partition coefficient (Wildman–Crippen LogP) is 2.34.